The molecule has 6 heteroatoms. The Kier molecular flexibility index (Phi) is 3.08. The van der Waals surface area contributed by atoms with Crippen LogP contribution in [0.5, 0.6) is 0 Å². The fraction of sp³-hybridized carbons (Fsp3) is 0.600. The fourth-order valence-electron chi connectivity index (χ4n) is 3.33. The lowest BCUT2D eigenvalue weighted by atomic mass is 9.90. The van der Waals surface area contributed by atoms with Gasteiger partial charge in [0.1, 0.15) is 11.3 Å². The van der Waals surface area contributed by atoms with Crippen molar-refractivity contribution < 1.29 is 9.15 Å². The van der Waals surface area contributed by atoms with Crippen molar-refractivity contribution in [1.82, 2.24) is 15.3 Å². The molecule has 0 atom stereocenters. The van der Waals surface area contributed by atoms with E-state index in [1.807, 2.05) is 13.0 Å². The molecule has 0 bridgehead atoms. The van der Waals surface area contributed by atoms with Gasteiger partial charge in [-0.3, -0.25) is 0 Å². The van der Waals surface area contributed by atoms with Crippen LogP contribution in [0.1, 0.15) is 18.7 Å². The lowest BCUT2D eigenvalue weighted by Crippen LogP contribution is -2.55. The molecule has 21 heavy (non-hydrogen) atoms. The van der Waals surface area contributed by atoms with Crippen molar-refractivity contribution in [3.63, 3.8) is 0 Å². The highest BCUT2D eigenvalue weighted by molar-refractivity contribution is 5.84. The zero-order valence-corrected chi connectivity index (χ0v) is 12.3. The standard InChI is InChI=1S/C15H20N4O2/c1-11-17-12-2-8-20-13(12)14(18-11)19-6-3-15(4-7-19)10-16-5-9-21-15/h2,8,16H,3-7,9-10H2,1H3. The number of rotatable bonds is 1. The summed E-state index contributed by atoms with van der Waals surface area (Å²) in [5.74, 6) is 1.70. The summed E-state index contributed by atoms with van der Waals surface area (Å²) in [5.41, 5.74) is 1.69. The number of aromatic nitrogens is 2. The Labute approximate surface area is 123 Å². The van der Waals surface area contributed by atoms with Gasteiger partial charge in [0.15, 0.2) is 11.4 Å². The predicted octanol–water partition coefficient (Wildman–Crippen LogP) is 1.49. The quantitative estimate of drug-likeness (QED) is 0.858. The summed E-state index contributed by atoms with van der Waals surface area (Å²) >= 11 is 0. The molecule has 0 aromatic carbocycles. The van der Waals surface area contributed by atoms with Crippen molar-refractivity contribution in [1.29, 1.82) is 0 Å². The lowest BCUT2D eigenvalue weighted by molar-refractivity contribution is -0.0800. The van der Waals surface area contributed by atoms with Crippen LogP contribution in [0, 0.1) is 6.92 Å². The maximum atomic E-state index is 6.04. The third kappa shape index (κ3) is 2.28. The minimum absolute atomic E-state index is 0.0130. The fourth-order valence-corrected chi connectivity index (χ4v) is 3.33. The molecule has 0 amide bonds. The first-order valence-electron chi connectivity index (χ1n) is 7.57. The van der Waals surface area contributed by atoms with Crippen LogP contribution < -0.4 is 10.2 Å². The molecule has 2 aromatic rings. The predicted molar refractivity (Wildman–Crippen MR) is 79.5 cm³/mol. The van der Waals surface area contributed by atoms with Crippen LogP contribution in [0.25, 0.3) is 11.1 Å². The van der Waals surface area contributed by atoms with Crippen molar-refractivity contribution in [2.45, 2.75) is 25.4 Å². The van der Waals surface area contributed by atoms with E-state index in [0.29, 0.717) is 0 Å². The summed E-state index contributed by atoms with van der Waals surface area (Å²) in [7, 11) is 0. The van der Waals surface area contributed by atoms with Gasteiger partial charge >= 0.3 is 0 Å². The Morgan fingerprint density at radius 3 is 2.90 bits per heavy atom. The zero-order valence-electron chi connectivity index (χ0n) is 12.3. The van der Waals surface area contributed by atoms with Gasteiger partial charge in [-0.15, -0.1) is 0 Å². The Morgan fingerprint density at radius 2 is 2.14 bits per heavy atom. The monoisotopic (exact) mass is 288 g/mol. The van der Waals surface area contributed by atoms with Gasteiger partial charge in [-0.05, 0) is 19.8 Å². The molecule has 4 heterocycles. The highest BCUT2D eigenvalue weighted by Crippen LogP contribution is 2.32. The van der Waals surface area contributed by atoms with E-state index in [1.54, 1.807) is 6.26 Å². The number of nitrogens with zero attached hydrogens (tertiary/aromatic N) is 3. The average Bonchev–Trinajstić information content (AvgIpc) is 2.96. The van der Waals surface area contributed by atoms with E-state index in [0.717, 1.165) is 68.4 Å². The number of furan rings is 1. The molecule has 2 saturated heterocycles. The molecule has 1 N–H and O–H groups in total. The SMILES string of the molecule is Cc1nc(N2CCC3(CC2)CNCCO3)c2occc2n1. The molecule has 2 fully saturated rings. The topological polar surface area (TPSA) is 63.4 Å². The van der Waals surface area contributed by atoms with Crippen LogP contribution in [0.2, 0.25) is 0 Å². The van der Waals surface area contributed by atoms with E-state index in [-0.39, 0.29) is 5.60 Å². The highest BCUT2D eigenvalue weighted by Gasteiger charge is 2.37. The van der Waals surface area contributed by atoms with E-state index in [4.69, 9.17) is 9.15 Å². The molecule has 0 unspecified atom stereocenters. The second-order valence-corrected chi connectivity index (χ2v) is 5.92. The van der Waals surface area contributed by atoms with Crippen LogP contribution in [-0.4, -0.2) is 48.4 Å². The molecule has 0 saturated carbocycles. The van der Waals surface area contributed by atoms with Crippen molar-refractivity contribution in [2.75, 3.05) is 37.7 Å². The summed E-state index contributed by atoms with van der Waals surface area (Å²) in [6.45, 7) is 6.54. The molecule has 2 aliphatic heterocycles. The minimum atomic E-state index is 0.0130. The van der Waals surface area contributed by atoms with Crippen molar-refractivity contribution in [3.8, 4) is 0 Å². The third-order valence-corrected chi connectivity index (χ3v) is 4.51. The molecular weight excluding hydrogens is 268 g/mol. The first-order valence-corrected chi connectivity index (χ1v) is 7.57. The van der Waals surface area contributed by atoms with Crippen LogP contribution in [0.3, 0.4) is 0 Å². The van der Waals surface area contributed by atoms with E-state index >= 15 is 0 Å². The highest BCUT2D eigenvalue weighted by atomic mass is 16.5. The third-order valence-electron chi connectivity index (χ3n) is 4.51. The van der Waals surface area contributed by atoms with Crippen LogP contribution >= 0.6 is 0 Å². The number of piperidine rings is 1. The lowest BCUT2D eigenvalue weighted by Gasteiger charge is -2.44. The van der Waals surface area contributed by atoms with Gasteiger partial charge in [0.05, 0.1) is 18.5 Å². The van der Waals surface area contributed by atoms with E-state index in [9.17, 15) is 0 Å². The summed E-state index contributed by atoms with van der Waals surface area (Å²) in [5, 5.41) is 3.45. The average molecular weight is 288 g/mol. The van der Waals surface area contributed by atoms with Crippen LogP contribution in [0.15, 0.2) is 16.7 Å². The summed E-state index contributed by atoms with van der Waals surface area (Å²) in [4.78, 5) is 11.3. The number of aryl methyl sites for hydroxylation is 1. The molecule has 0 aliphatic carbocycles. The maximum Gasteiger partial charge on any atom is 0.194 e. The zero-order chi connectivity index (χ0) is 14.3. The van der Waals surface area contributed by atoms with Gasteiger partial charge < -0.3 is 19.4 Å². The normalized spacial score (nSPS) is 22.0. The van der Waals surface area contributed by atoms with E-state index < -0.39 is 0 Å². The van der Waals surface area contributed by atoms with Gasteiger partial charge in [0, 0.05) is 32.2 Å². The number of morpholine rings is 1. The van der Waals surface area contributed by atoms with Crippen LogP contribution in [-0.2, 0) is 4.74 Å². The number of nitrogens with one attached hydrogen (secondary N) is 1. The molecule has 4 rings (SSSR count). The molecule has 0 radical (unpaired) electrons. The van der Waals surface area contributed by atoms with Gasteiger partial charge in [0.2, 0.25) is 0 Å². The Morgan fingerprint density at radius 1 is 1.29 bits per heavy atom. The number of anilines is 1. The first kappa shape index (κ1) is 13.0. The molecule has 112 valence electrons. The molecular formula is C15H20N4O2. The van der Waals surface area contributed by atoms with E-state index in [1.165, 1.54) is 0 Å². The largest absolute Gasteiger partial charge is 0.459 e. The Hall–Kier alpha value is -1.66. The second-order valence-electron chi connectivity index (χ2n) is 5.92. The van der Waals surface area contributed by atoms with Crippen LogP contribution in [0.4, 0.5) is 5.82 Å². The number of hydrogen-bond acceptors (Lipinski definition) is 6. The number of fused-ring (bicyclic) bond motifs is 1. The van der Waals surface area contributed by atoms with Gasteiger partial charge in [-0.2, -0.15) is 0 Å². The second kappa shape index (κ2) is 4.96. The molecule has 2 aliphatic rings. The Bertz CT molecular complexity index is 638. The van der Waals surface area contributed by atoms with Gasteiger partial charge in [0.25, 0.3) is 0 Å². The molecule has 1 spiro atoms. The van der Waals surface area contributed by atoms with Gasteiger partial charge in [-0.1, -0.05) is 0 Å². The molecule has 2 aromatic heterocycles. The number of hydrogen-bond donors (Lipinski definition) is 1. The maximum absolute atomic E-state index is 6.04. The van der Waals surface area contributed by atoms with E-state index in [2.05, 4.69) is 20.2 Å². The molecule has 6 nitrogen and oxygen atoms in total. The van der Waals surface area contributed by atoms with Crippen molar-refractivity contribution in [3.05, 3.63) is 18.2 Å². The smallest absolute Gasteiger partial charge is 0.194 e. The summed E-state index contributed by atoms with van der Waals surface area (Å²) < 4.78 is 11.6. The summed E-state index contributed by atoms with van der Waals surface area (Å²) in [6.07, 6.45) is 3.72. The van der Waals surface area contributed by atoms with Crippen molar-refractivity contribution >= 4 is 16.9 Å². The first-order chi connectivity index (χ1) is 10.3. The summed E-state index contributed by atoms with van der Waals surface area (Å²) in [6, 6.07) is 1.90. The Balaban J connectivity index is 1.58. The van der Waals surface area contributed by atoms with Gasteiger partial charge in [-0.25, -0.2) is 9.97 Å². The van der Waals surface area contributed by atoms with Crippen molar-refractivity contribution in [2.24, 2.45) is 0 Å². The number of ether oxygens (including phenoxy) is 1. The minimum Gasteiger partial charge on any atom is -0.459 e.